The Morgan fingerprint density at radius 1 is 1.12 bits per heavy atom. The number of piperazine rings is 1. The van der Waals surface area contributed by atoms with Crippen LogP contribution in [0.15, 0.2) is 48.0 Å². The van der Waals surface area contributed by atoms with Crippen molar-refractivity contribution in [2.75, 3.05) is 53.1 Å². The lowest BCUT2D eigenvalue weighted by atomic mass is 10.0. The number of hydrogen-bond acceptors (Lipinski definition) is 6. The van der Waals surface area contributed by atoms with Crippen LogP contribution >= 0.6 is 0 Å². The highest BCUT2D eigenvalue weighted by atomic mass is 16.5. The fourth-order valence-electron chi connectivity index (χ4n) is 4.59. The van der Waals surface area contributed by atoms with E-state index in [0.717, 1.165) is 62.0 Å². The van der Waals surface area contributed by atoms with Gasteiger partial charge < -0.3 is 19.3 Å². The summed E-state index contributed by atoms with van der Waals surface area (Å²) in [6, 6.07) is 14.5. The van der Waals surface area contributed by atoms with Crippen molar-refractivity contribution in [3.05, 3.63) is 59.2 Å². The first kappa shape index (κ1) is 22.6. The third-order valence-electron chi connectivity index (χ3n) is 6.21. The van der Waals surface area contributed by atoms with Crippen molar-refractivity contribution in [2.24, 2.45) is 0 Å². The minimum absolute atomic E-state index is 0.196. The maximum Gasteiger partial charge on any atom is 0.127 e. The van der Waals surface area contributed by atoms with Gasteiger partial charge in [-0.15, -0.1) is 0 Å². The van der Waals surface area contributed by atoms with Crippen LogP contribution in [-0.2, 0) is 6.54 Å². The van der Waals surface area contributed by atoms with Crippen LogP contribution in [0.4, 0.5) is 0 Å². The van der Waals surface area contributed by atoms with E-state index in [9.17, 15) is 5.11 Å². The summed E-state index contributed by atoms with van der Waals surface area (Å²) in [6.07, 6.45) is 3.00. The summed E-state index contributed by atoms with van der Waals surface area (Å²) in [5, 5.41) is 9.69. The van der Waals surface area contributed by atoms with Gasteiger partial charge in [-0.05, 0) is 49.3 Å². The van der Waals surface area contributed by atoms with Crippen LogP contribution in [-0.4, -0.2) is 74.1 Å². The fraction of sp³-hybridized carbons (Fsp3) is 0.462. The average molecular weight is 439 g/mol. The van der Waals surface area contributed by atoms with Gasteiger partial charge in [0.05, 0.1) is 13.7 Å². The molecule has 2 aromatic rings. The Hall–Kier alpha value is -2.54. The van der Waals surface area contributed by atoms with Crippen molar-refractivity contribution < 1.29 is 19.3 Å². The van der Waals surface area contributed by atoms with Crippen molar-refractivity contribution in [1.29, 1.82) is 0 Å². The van der Waals surface area contributed by atoms with E-state index in [4.69, 9.17) is 14.2 Å². The van der Waals surface area contributed by atoms with E-state index in [0.29, 0.717) is 19.3 Å². The Labute approximate surface area is 191 Å². The van der Waals surface area contributed by atoms with Crippen molar-refractivity contribution >= 4 is 6.08 Å². The number of benzene rings is 2. The number of aliphatic hydroxyl groups is 1. The molecule has 0 saturated carbocycles. The van der Waals surface area contributed by atoms with Crippen LogP contribution in [0.2, 0.25) is 0 Å². The molecular formula is C26H34N2O4. The normalized spacial score (nSPS) is 19.1. The molecule has 4 rings (SSSR count). The molecule has 0 amide bonds. The van der Waals surface area contributed by atoms with Gasteiger partial charge in [0.2, 0.25) is 0 Å². The molecule has 0 spiro atoms. The van der Waals surface area contributed by atoms with E-state index in [1.54, 1.807) is 7.11 Å². The van der Waals surface area contributed by atoms with Crippen molar-refractivity contribution in [3.63, 3.8) is 0 Å². The Bertz CT molecular complexity index is 930. The molecule has 2 aromatic carbocycles. The highest BCUT2D eigenvalue weighted by Gasteiger charge is 2.28. The van der Waals surface area contributed by atoms with E-state index in [1.165, 1.54) is 11.1 Å². The third-order valence-corrected chi connectivity index (χ3v) is 6.21. The van der Waals surface area contributed by atoms with Gasteiger partial charge in [-0.2, -0.15) is 0 Å². The van der Waals surface area contributed by atoms with Crippen LogP contribution in [0.25, 0.3) is 6.08 Å². The quantitative estimate of drug-likeness (QED) is 0.647. The molecule has 1 unspecified atom stereocenters. The highest BCUT2D eigenvalue weighted by molar-refractivity contribution is 5.64. The number of nitrogens with zero attached hydrogens (tertiary/aromatic N) is 2. The lowest BCUT2D eigenvalue weighted by Gasteiger charge is -2.42. The molecule has 0 radical (unpaired) electrons. The predicted octanol–water partition coefficient (Wildman–Crippen LogP) is 3.44. The molecule has 32 heavy (non-hydrogen) atoms. The van der Waals surface area contributed by atoms with Gasteiger partial charge in [-0.1, -0.05) is 18.2 Å². The second kappa shape index (κ2) is 10.9. The average Bonchev–Trinajstić information content (AvgIpc) is 2.82. The zero-order valence-electron chi connectivity index (χ0n) is 19.1. The molecule has 6 heteroatoms. The van der Waals surface area contributed by atoms with Crippen molar-refractivity contribution in [1.82, 2.24) is 9.80 Å². The second-order valence-electron chi connectivity index (χ2n) is 8.41. The molecular weight excluding hydrogens is 404 g/mol. The molecule has 2 aliphatic heterocycles. The molecule has 1 saturated heterocycles. The van der Waals surface area contributed by atoms with Crippen LogP contribution in [0.3, 0.4) is 0 Å². The fourth-order valence-corrected chi connectivity index (χ4v) is 4.59. The van der Waals surface area contributed by atoms with Crippen LogP contribution in [0.5, 0.6) is 17.2 Å². The van der Waals surface area contributed by atoms with Gasteiger partial charge in [0.25, 0.3) is 0 Å². The Kier molecular flexibility index (Phi) is 7.68. The summed E-state index contributed by atoms with van der Waals surface area (Å²) >= 11 is 0. The molecule has 172 valence electrons. The van der Waals surface area contributed by atoms with E-state index >= 15 is 0 Å². The zero-order valence-corrected chi connectivity index (χ0v) is 19.1. The lowest BCUT2D eigenvalue weighted by molar-refractivity contribution is 0.0568. The number of fused-ring (bicyclic) bond motifs is 1. The number of hydrogen-bond donors (Lipinski definition) is 1. The minimum atomic E-state index is 0.196. The van der Waals surface area contributed by atoms with E-state index in [1.807, 2.05) is 37.3 Å². The van der Waals surface area contributed by atoms with Gasteiger partial charge >= 0.3 is 0 Å². The first-order valence-corrected chi connectivity index (χ1v) is 11.5. The topological polar surface area (TPSA) is 54.4 Å². The lowest BCUT2D eigenvalue weighted by Crippen LogP contribution is -2.53. The molecule has 0 bridgehead atoms. The van der Waals surface area contributed by atoms with Gasteiger partial charge in [-0.25, -0.2) is 0 Å². The number of ether oxygens (including phenoxy) is 3. The van der Waals surface area contributed by atoms with Crippen LogP contribution < -0.4 is 14.2 Å². The summed E-state index contributed by atoms with van der Waals surface area (Å²) in [7, 11) is 1.68. The second-order valence-corrected chi connectivity index (χ2v) is 8.41. The van der Waals surface area contributed by atoms with Gasteiger partial charge in [-0.3, -0.25) is 9.80 Å². The zero-order chi connectivity index (χ0) is 22.3. The molecule has 1 atom stereocenters. The molecule has 1 N–H and O–H groups in total. The summed E-state index contributed by atoms with van der Waals surface area (Å²) < 4.78 is 17.2. The van der Waals surface area contributed by atoms with E-state index in [2.05, 4.69) is 28.0 Å². The summed E-state index contributed by atoms with van der Waals surface area (Å²) in [6.45, 7) is 8.09. The Balaban J connectivity index is 1.41. The summed E-state index contributed by atoms with van der Waals surface area (Å²) in [5.74, 6) is 2.71. The van der Waals surface area contributed by atoms with Gasteiger partial charge in [0.15, 0.2) is 0 Å². The van der Waals surface area contributed by atoms with Crippen LogP contribution in [0, 0.1) is 0 Å². The molecule has 0 aliphatic carbocycles. The minimum Gasteiger partial charge on any atom is -0.497 e. The van der Waals surface area contributed by atoms with E-state index in [-0.39, 0.29) is 6.61 Å². The first-order chi connectivity index (χ1) is 15.7. The largest absolute Gasteiger partial charge is 0.497 e. The first-order valence-electron chi connectivity index (χ1n) is 11.5. The van der Waals surface area contributed by atoms with Crippen molar-refractivity contribution in [3.8, 4) is 17.2 Å². The van der Waals surface area contributed by atoms with E-state index < -0.39 is 0 Å². The number of rotatable bonds is 9. The van der Waals surface area contributed by atoms with Gasteiger partial charge in [0, 0.05) is 56.5 Å². The summed E-state index contributed by atoms with van der Waals surface area (Å²) in [4.78, 5) is 4.96. The molecule has 2 aliphatic rings. The molecule has 6 nitrogen and oxygen atoms in total. The Morgan fingerprint density at radius 3 is 2.81 bits per heavy atom. The number of para-hydroxylation sites is 1. The Morgan fingerprint density at radius 2 is 2.00 bits per heavy atom. The SMILES string of the molecule is CCOc1ccccc1CN1CCN(CC2=Cc3cc(OC)ccc3OC2)CC1CCO. The van der Waals surface area contributed by atoms with Gasteiger partial charge in [0.1, 0.15) is 23.9 Å². The number of methoxy groups -OCH3 is 1. The molecule has 0 aromatic heterocycles. The third kappa shape index (κ3) is 5.44. The smallest absolute Gasteiger partial charge is 0.127 e. The maximum atomic E-state index is 9.69. The molecule has 2 heterocycles. The standard InChI is InChI=1S/C26H34N2O4/c1-3-31-25-7-5-4-6-21(25)17-28-12-11-27(18-23(28)10-13-29)16-20-14-22-15-24(30-2)8-9-26(22)32-19-20/h4-9,14-15,23,29H,3,10-13,16-19H2,1-2H3. The van der Waals surface area contributed by atoms with Crippen LogP contribution in [0.1, 0.15) is 24.5 Å². The predicted molar refractivity (Wildman–Crippen MR) is 126 cm³/mol. The maximum absolute atomic E-state index is 9.69. The molecule has 1 fully saturated rings. The number of aliphatic hydroxyl groups excluding tert-OH is 1. The monoisotopic (exact) mass is 438 g/mol. The highest BCUT2D eigenvalue weighted by Crippen LogP contribution is 2.30. The van der Waals surface area contributed by atoms with Crippen molar-refractivity contribution in [2.45, 2.75) is 25.9 Å². The summed E-state index contributed by atoms with van der Waals surface area (Å²) in [5.41, 5.74) is 3.55.